The van der Waals surface area contributed by atoms with Crippen molar-refractivity contribution in [1.82, 2.24) is 15.1 Å². The van der Waals surface area contributed by atoms with Crippen molar-refractivity contribution in [3.63, 3.8) is 0 Å². The molecule has 0 saturated carbocycles. The molecular weight excluding hydrogens is 384 g/mol. The highest BCUT2D eigenvalue weighted by molar-refractivity contribution is 5.96. The van der Waals surface area contributed by atoms with Crippen molar-refractivity contribution in [3.8, 4) is 0 Å². The summed E-state index contributed by atoms with van der Waals surface area (Å²) in [6.45, 7) is 9.35. The third-order valence-corrected chi connectivity index (χ3v) is 4.15. The molecule has 9 heteroatoms. The Morgan fingerprint density at radius 2 is 1.70 bits per heavy atom. The Balaban J connectivity index is 0.00000125. The second-order valence-corrected chi connectivity index (χ2v) is 6.39. The van der Waals surface area contributed by atoms with Gasteiger partial charge in [0.05, 0.1) is 12.2 Å². The lowest BCUT2D eigenvalue weighted by molar-refractivity contribution is -0.131. The molecule has 0 bridgehead atoms. The van der Waals surface area contributed by atoms with E-state index in [1.807, 2.05) is 27.8 Å². The quantitative estimate of drug-likeness (QED) is 0.393. The van der Waals surface area contributed by atoms with Crippen LogP contribution >= 0.6 is 0 Å². The van der Waals surface area contributed by atoms with Crippen LogP contribution in [0, 0.1) is 0 Å². The highest BCUT2D eigenvalue weighted by atomic mass is 16.2. The first kappa shape index (κ1) is 27.4. The van der Waals surface area contributed by atoms with Crippen LogP contribution in [0.4, 0.5) is 5.69 Å². The molecular formula is C21H38N6O3. The van der Waals surface area contributed by atoms with Crippen LogP contribution in [0.3, 0.4) is 0 Å². The molecule has 0 radical (unpaired) electrons. The average molecular weight is 423 g/mol. The van der Waals surface area contributed by atoms with Gasteiger partial charge in [-0.05, 0) is 37.7 Å². The van der Waals surface area contributed by atoms with E-state index in [-0.39, 0.29) is 18.4 Å². The van der Waals surface area contributed by atoms with Crippen molar-refractivity contribution in [3.05, 3.63) is 42.2 Å². The number of rotatable bonds is 6. The van der Waals surface area contributed by atoms with Gasteiger partial charge in [0.25, 0.3) is 5.91 Å². The molecule has 1 aromatic rings. The minimum absolute atomic E-state index is 0.00320. The molecule has 1 aliphatic rings. The first-order valence-corrected chi connectivity index (χ1v) is 10.3. The summed E-state index contributed by atoms with van der Waals surface area (Å²) in [5.41, 5.74) is 6.44. The van der Waals surface area contributed by atoms with E-state index in [4.69, 9.17) is 16.7 Å². The molecule has 2 amide bonds. The van der Waals surface area contributed by atoms with Gasteiger partial charge in [-0.1, -0.05) is 20.8 Å². The van der Waals surface area contributed by atoms with Gasteiger partial charge in [0.1, 0.15) is 0 Å². The number of hydrogen-bond acceptors (Lipinski definition) is 7. The summed E-state index contributed by atoms with van der Waals surface area (Å²) in [4.78, 5) is 28.2. The maximum Gasteiger partial charge on any atom is 0.251 e. The van der Waals surface area contributed by atoms with Crippen molar-refractivity contribution in [1.29, 1.82) is 0 Å². The summed E-state index contributed by atoms with van der Waals surface area (Å²) >= 11 is 0. The van der Waals surface area contributed by atoms with Crippen molar-refractivity contribution >= 4 is 17.5 Å². The van der Waals surface area contributed by atoms with E-state index in [0.717, 1.165) is 19.5 Å². The van der Waals surface area contributed by atoms with E-state index in [1.54, 1.807) is 29.2 Å². The van der Waals surface area contributed by atoms with Crippen LogP contribution in [-0.2, 0) is 4.79 Å². The van der Waals surface area contributed by atoms with Crippen LogP contribution in [0.5, 0.6) is 0 Å². The van der Waals surface area contributed by atoms with Gasteiger partial charge < -0.3 is 26.0 Å². The number of amides is 2. The highest BCUT2D eigenvalue weighted by Gasteiger charge is 2.19. The molecule has 6 N–H and O–H groups in total. The highest BCUT2D eigenvalue weighted by Crippen LogP contribution is 2.12. The normalized spacial score (nSPS) is 13.6. The van der Waals surface area contributed by atoms with Crippen LogP contribution in [0.1, 0.15) is 37.6 Å². The number of nitrogens with zero attached hydrogens (tertiary/aromatic N) is 3. The van der Waals surface area contributed by atoms with E-state index < -0.39 is 0 Å². The summed E-state index contributed by atoms with van der Waals surface area (Å²) in [6.07, 6.45) is 3.70. The lowest BCUT2D eigenvalue weighted by atomic mass is 10.2. The van der Waals surface area contributed by atoms with Gasteiger partial charge in [-0.25, -0.2) is 5.84 Å². The van der Waals surface area contributed by atoms with E-state index in [1.165, 1.54) is 17.4 Å². The van der Waals surface area contributed by atoms with Gasteiger partial charge in [0.2, 0.25) is 5.91 Å². The average Bonchev–Trinajstić information content (AvgIpc) is 2.79. The number of piperazine rings is 1. The van der Waals surface area contributed by atoms with Crippen molar-refractivity contribution in [2.75, 3.05) is 51.4 Å². The summed E-state index contributed by atoms with van der Waals surface area (Å²) in [7, 11) is 2.03. The Morgan fingerprint density at radius 3 is 2.17 bits per heavy atom. The van der Waals surface area contributed by atoms with Crippen molar-refractivity contribution < 1.29 is 14.7 Å². The molecule has 0 aromatic heterocycles. The molecule has 0 spiro atoms. The standard InChI is InChI=1S/C16H24N6O2.C3H8O.C2H6/c1-20-8-10-21(11-9-20)15(23)12-19-16(24)13-2-4-14(5-3-13)22(18)7-6-17;1-2-3-4;1-2/h2-7H,8-12,17-18H2,1H3,(H,19,24);4H,2-3H2,1H3;1-2H3/b7-6-;;. The molecule has 1 aromatic carbocycles. The minimum atomic E-state index is -0.290. The van der Waals surface area contributed by atoms with Crippen LogP contribution in [0.15, 0.2) is 36.7 Å². The first-order chi connectivity index (χ1) is 14.4. The number of nitrogens with one attached hydrogen (secondary N) is 1. The SMILES string of the molecule is CC.CCCO.CN1CCN(C(=O)CNC(=O)c2ccc(N(N)/C=C\N)cc2)CC1. The molecule has 1 fully saturated rings. The number of likely N-dealkylation sites (N-methyl/N-ethyl adjacent to an activating group) is 1. The fourth-order valence-corrected chi connectivity index (χ4v) is 2.39. The molecule has 1 heterocycles. The van der Waals surface area contributed by atoms with Gasteiger partial charge in [-0.15, -0.1) is 0 Å². The topological polar surface area (TPSA) is 128 Å². The number of hydrazine groups is 1. The van der Waals surface area contributed by atoms with Gasteiger partial charge in [0, 0.05) is 50.7 Å². The summed E-state index contributed by atoms with van der Waals surface area (Å²) in [5.74, 6) is 5.38. The fourth-order valence-electron chi connectivity index (χ4n) is 2.39. The van der Waals surface area contributed by atoms with Crippen LogP contribution in [0.25, 0.3) is 0 Å². The molecule has 30 heavy (non-hydrogen) atoms. The maximum atomic E-state index is 12.1. The van der Waals surface area contributed by atoms with Gasteiger partial charge in [0.15, 0.2) is 0 Å². The lowest BCUT2D eigenvalue weighted by Crippen LogP contribution is -2.50. The fraction of sp³-hybridized carbons (Fsp3) is 0.524. The number of aliphatic hydroxyl groups is 1. The Morgan fingerprint density at radius 1 is 1.17 bits per heavy atom. The predicted octanol–water partition coefficient (Wildman–Crippen LogP) is 0.715. The molecule has 1 aliphatic heterocycles. The number of nitrogens with two attached hydrogens (primary N) is 2. The second-order valence-electron chi connectivity index (χ2n) is 6.39. The first-order valence-electron chi connectivity index (χ1n) is 10.3. The van der Waals surface area contributed by atoms with E-state index in [0.29, 0.717) is 30.9 Å². The number of aliphatic hydroxyl groups excluding tert-OH is 1. The van der Waals surface area contributed by atoms with Crippen LogP contribution < -0.4 is 21.9 Å². The number of benzene rings is 1. The summed E-state index contributed by atoms with van der Waals surface area (Å²) in [5, 5.41) is 11.9. The predicted molar refractivity (Wildman–Crippen MR) is 122 cm³/mol. The van der Waals surface area contributed by atoms with Crippen molar-refractivity contribution in [2.24, 2.45) is 11.6 Å². The molecule has 9 nitrogen and oxygen atoms in total. The molecule has 170 valence electrons. The molecule has 1 saturated heterocycles. The van der Waals surface area contributed by atoms with Gasteiger partial charge in [-0.2, -0.15) is 0 Å². The lowest BCUT2D eigenvalue weighted by Gasteiger charge is -2.32. The Kier molecular flexibility index (Phi) is 14.8. The summed E-state index contributed by atoms with van der Waals surface area (Å²) < 4.78 is 0. The van der Waals surface area contributed by atoms with Crippen LogP contribution in [-0.4, -0.2) is 73.1 Å². The second kappa shape index (κ2) is 16.2. The Bertz CT molecular complexity index is 626. The minimum Gasteiger partial charge on any atom is -0.403 e. The van der Waals surface area contributed by atoms with Crippen LogP contribution in [0.2, 0.25) is 0 Å². The Hall–Kier alpha value is -2.62. The molecule has 0 unspecified atom stereocenters. The van der Waals surface area contributed by atoms with Gasteiger partial charge >= 0.3 is 0 Å². The Labute approximate surface area is 180 Å². The third-order valence-electron chi connectivity index (χ3n) is 4.15. The zero-order chi connectivity index (χ0) is 22.9. The monoisotopic (exact) mass is 422 g/mol. The zero-order valence-corrected chi connectivity index (χ0v) is 18.7. The van der Waals surface area contributed by atoms with E-state index >= 15 is 0 Å². The third kappa shape index (κ3) is 10.2. The summed E-state index contributed by atoms with van der Waals surface area (Å²) in [6, 6.07) is 6.71. The number of carbonyl (C=O) groups is 2. The van der Waals surface area contributed by atoms with Gasteiger partial charge in [-0.3, -0.25) is 14.6 Å². The number of anilines is 1. The molecule has 0 atom stereocenters. The van der Waals surface area contributed by atoms with E-state index in [2.05, 4.69) is 10.2 Å². The maximum absolute atomic E-state index is 12.1. The largest absolute Gasteiger partial charge is 0.403 e. The smallest absolute Gasteiger partial charge is 0.251 e. The molecule has 2 rings (SSSR count). The molecule has 0 aliphatic carbocycles. The van der Waals surface area contributed by atoms with Crippen molar-refractivity contribution in [2.45, 2.75) is 27.2 Å². The zero-order valence-electron chi connectivity index (χ0n) is 18.7. The van der Waals surface area contributed by atoms with E-state index in [9.17, 15) is 9.59 Å². The number of carbonyl (C=O) groups excluding carboxylic acids is 2. The number of hydrogen-bond donors (Lipinski definition) is 4.